The average molecular weight is 290 g/mol. The van der Waals surface area contributed by atoms with Crippen LogP contribution in [-0.2, 0) is 15.1 Å². The van der Waals surface area contributed by atoms with Gasteiger partial charge in [-0.25, -0.2) is 0 Å². The van der Waals surface area contributed by atoms with Crippen molar-refractivity contribution in [2.45, 2.75) is 31.4 Å². The molecule has 0 radical (unpaired) electrons. The van der Waals surface area contributed by atoms with Gasteiger partial charge in [0.1, 0.15) is 11.3 Å². The van der Waals surface area contributed by atoms with Crippen LogP contribution in [0.25, 0.3) is 0 Å². The van der Waals surface area contributed by atoms with Crippen molar-refractivity contribution in [1.29, 1.82) is 0 Å². The van der Waals surface area contributed by atoms with Crippen LogP contribution >= 0.6 is 0 Å². The highest BCUT2D eigenvalue weighted by Crippen LogP contribution is 2.40. The van der Waals surface area contributed by atoms with Crippen molar-refractivity contribution in [2.24, 2.45) is 11.7 Å². The number of ether oxygens (including phenoxy) is 2. The van der Waals surface area contributed by atoms with Gasteiger partial charge in [-0.05, 0) is 18.9 Å². The van der Waals surface area contributed by atoms with Gasteiger partial charge in [-0.15, -0.1) is 0 Å². The highest BCUT2D eigenvalue weighted by Gasteiger charge is 2.48. The molecule has 0 aliphatic carbocycles. The summed E-state index contributed by atoms with van der Waals surface area (Å²) in [6.07, 6.45) is 2.25. The normalized spacial score (nSPS) is 31.5. The lowest BCUT2D eigenvalue weighted by Gasteiger charge is -2.42. The molecule has 5 nitrogen and oxygen atoms in total. The minimum atomic E-state index is -0.888. The van der Waals surface area contributed by atoms with E-state index >= 15 is 0 Å². The summed E-state index contributed by atoms with van der Waals surface area (Å²) in [6.45, 7) is 3.88. The Kier molecular flexibility index (Phi) is 3.87. The maximum Gasteiger partial charge on any atom is 0.242 e. The topological polar surface area (TPSA) is 73.6 Å². The molecule has 3 atom stereocenters. The monoisotopic (exact) mass is 290 g/mol. The summed E-state index contributed by atoms with van der Waals surface area (Å²) in [4.78, 5) is 12.3. The summed E-state index contributed by atoms with van der Waals surface area (Å²) < 4.78 is 11.4. The van der Waals surface area contributed by atoms with Gasteiger partial charge in [0.2, 0.25) is 5.91 Å². The Bertz CT molecular complexity index is 528. The van der Waals surface area contributed by atoms with E-state index in [2.05, 4.69) is 5.32 Å². The number of carbonyl (C=O) groups is 1. The molecule has 5 heteroatoms. The van der Waals surface area contributed by atoms with E-state index in [0.717, 1.165) is 30.8 Å². The van der Waals surface area contributed by atoms with E-state index in [0.29, 0.717) is 13.2 Å². The minimum absolute atomic E-state index is 0.0358. The average Bonchev–Trinajstić information content (AvgIpc) is 2.99. The van der Waals surface area contributed by atoms with Crippen LogP contribution in [0.4, 0.5) is 0 Å². The molecule has 21 heavy (non-hydrogen) atoms. The van der Waals surface area contributed by atoms with Crippen LogP contribution in [0.1, 0.15) is 25.3 Å². The maximum absolute atomic E-state index is 12.3. The fraction of sp³-hybridized carbons (Fsp3) is 0.562. The smallest absolute Gasteiger partial charge is 0.242 e. The number of amides is 1. The quantitative estimate of drug-likeness (QED) is 0.873. The summed E-state index contributed by atoms with van der Waals surface area (Å²) in [6, 6.07) is 7.61. The molecule has 0 spiro atoms. The van der Waals surface area contributed by atoms with Gasteiger partial charge in [-0.3, -0.25) is 10.1 Å². The standard InChI is InChI=1S/C16H22N2O3/c1-11-10-21-14-7-3-2-6-13(14)16(11,15(17)19)18-9-12-5-4-8-20-12/h2-3,6-7,11-12,18H,4-5,8-10H2,1H3,(H2,17,19). The number of nitrogens with two attached hydrogens (primary N) is 1. The molecule has 0 saturated carbocycles. The summed E-state index contributed by atoms with van der Waals surface area (Å²) in [5, 5.41) is 3.40. The van der Waals surface area contributed by atoms with E-state index in [-0.39, 0.29) is 17.9 Å². The molecule has 1 aromatic rings. The summed E-state index contributed by atoms with van der Waals surface area (Å²) in [5.74, 6) is 0.337. The van der Waals surface area contributed by atoms with Crippen LogP contribution in [0.5, 0.6) is 5.75 Å². The molecule has 1 amide bonds. The number of nitrogens with one attached hydrogen (secondary N) is 1. The van der Waals surface area contributed by atoms with Crippen molar-refractivity contribution in [1.82, 2.24) is 5.32 Å². The van der Waals surface area contributed by atoms with Crippen molar-refractivity contribution >= 4 is 5.91 Å². The Morgan fingerprint density at radius 1 is 1.48 bits per heavy atom. The van der Waals surface area contributed by atoms with Crippen molar-refractivity contribution in [3.05, 3.63) is 29.8 Å². The van der Waals surface area contributed by atoms with Gasteiger partial charge in [-0.2, -0.15) is 0 Å². The van der Waals surface area contributed by atoms with Gasteiger partial charge in [0.15, 0.2) is 0 Å². The number of rotatable bonds is 4. The van der Waals surface area contributed by atoms with Crippen LogP contribution in [0, 0.1) is 5.92 Å². The Labute approximate surface area is 124 Å². The fourth-order valence-corrected chi connectivity index (χ4v) is 3.34. The molecule has 114 valence electrons. The van der Waals surface area contributed by atoms with E-state index in [1.165, 1.54) is 0 Å². The molecule has 1 aromatic carbocycles. The van der Waals surface area contributed by atoms with E-state index in [4.69, 9.17) is 15.2 Å². The van der Waals surface area contributed by atoms with Crippen LogP contribution in [0.15, 0.2) is 24.3 Å². The van der Waals surface area contributed by atoms with Gasteiger partial charge in [-0.1, -0.05) is 25.1 Å². The van der Waals surface area contributed by atoms with Gasteiger partial charge in [0, 0.05) is 24.6 Å². The van der Waals surface area contributed by atoms with Crippen LogP contribution in [-0.4, -0.2) is 31.8 Å². The first-order valence-corrected chi connectivity index (χ1v) is 7.53. The van der Waals surface area contributed by atoms with Gasteiger partial charge < -0.3 is 15.2 Å². The van der Waals surface area contributed by atoms with E-state index < -0.39 is 5.54 Å². The Hall–Kier alpha value is -1.59. The molecule has 2 aliphatic heterocycles. The fourth-order valence-electron chi connectivity index (χ4n) is 3.34. The molecular formula is C16H22N2O3. The summed E-state index contributed by atoms with van der Waals surface area (Å²) >= 11 is 0. The molecule has 1 fully saturated rings. The lowest BCUT2D eigenvalue weighted by Crippen LogP contribution is -2.61. The molecule has 3 rings (SSSR count). The number of carbonyl (C=O) groups excluding carboxylic acids is 1. The van der Waals surface area contributed by atoms with Crippen molar-refractivity contribution in [3.63, 3.8) is 0 Å². The third-order valence-corrected chi connectivity index (χ3v) is 4.56. The maximum atomic E-state index is 12.3. The first-order valence-electron chi connectivity index (χ1n) is 7.53. The molecule has 2 heterocycles. The summed E-state index contributed by atoms with van der Waals surface area (Å²) in [5.41, 5.74) is 5.73. The third kappa shape index (κ3) is 2.40. The van der Waals surface area contributed by atoms with Crippen molar-refractivity contribution < 1.29 is 14.3 Å². The number of fused-ring (bicyclic) bond motifs is 1. The molecule has 3 unspecified atom stereocenters. The van der Waals surface area contributed by atoms with Crippen molar-refractivity contribution in [3.8, 4) is 5.75 Å². The largest absolute Gasteiger partial charge is 0.493 e. The highest BCUT2D eigenvalue weighted by atomic mass is 16.5. The third-order valence-electron chi connectivity index (χ3n) is 4.56. The second kappa shape index (κ2) is 5.66. The van der Waals surface area contributed by atoms with Crippen molar-refractivity contribution in [2.75, 3.05) is 19.8 Å². The lowest BCUT2D eigenvalue weighted by molar-refractivity contribution is -0.128. The first-order chi connectivity index (χ1) is 10.1. The zero-order chi connectivity index (χ0) is 14.9. The molecule has 1 saturated heterocycles. The van der Waals surface area contributed by atoms with Gasteiger partial charge in [0.25, 0.3) is 0 Å². The molecule has 2 aliphatic rings. The molecule has 3 N–H and O–H groups in total. The first kappa shape index (κ1) is 14.4. The minimum Gasteiger partial charge on any atom is -0.493 e. The zero-order valence-corrected chi connectivity index (χ0v) is 12.3. The second-order valence-electron chi connectivity index (χ2n) is 5.90. The van der Waals surface area contributed by atoms with Crippen LogP contribution < -0.4 is 15.8 Å². The highest BCUT2D eigenvalue weighted by molar-refractivity contribution is 5.88. The van der Waals surface area contributed by atoms with Crippen LogP contribution in [0.2, 0.25) is 0 Å². The van der Waals surface area contributed by atoms with Gasteiger partial charge in [0.05, 0.1) is 12.7 Å². The van der Waals surface area contributed by atoms with E-state index in [9.17, 15) is 4.79 Å². The number of hydrogen-bond donors (Lipinski definition) is 2. The van der Waals surface area contributed by atoms with E-state index in [1.807, 2.05) is 31.2 Å². The lowest BCUT2D eigenvalue weighted by atomic mass is 9.76. The molecular weight excluding hydrogens is 268 g/mol. The van der Waals surface area contributed by atoms with Gasteiger partial charge >= 0.3 is 0 Å². The molecule has 0 bridgehead atoms. The second-order valence-corrected chi connectivity index (χ2v) is 5.90. The predicted molar refractivity (Wildman–Crippen MR) is 79.0 cm³/mol. The predicted octanol–water partition coefficient (Wildman–Crippen LogP) is 1.16. The number of benzene rings is 1. The number of para-hydroxylation sites is 1. The van der Waals surface area contributed by atoms with E-state index in [1.54, 1.807) is 0 Å². The SMILES string of the molecule is CC1COc2ccccc2C1(NCC1CCCO1)C(N)=O. The Morgan fingerprint density at radius 3 is 3.00 bits per heavy atom. The number of hydrogen-bond acceptors (Lipinski definition) is 4. The Morgan fingerprint density at radius 2 is 2.29 bits per heavy atom. The summed E-state index contributed by atoms with van der Waals surface area (Å²) in [7, 11) is 0. The van der Waals surface area contributed by atoms with Crippen LogP contribution in [0.3, 0.4) is 0 Å². The number of primary amides is 1. The molecule has 0 aromatic heterocycles. The Balaban J connectivity index is 1.93. The zero-order valence-electron chi connectivity index (χ0n) is 12.3.